The Morgan fingerprint density at radius 1 is 1.44 bits per heavy atom. The first-order chi connectivity index (χ1) is 8.41. The third kappa shape index (κ3) is 4.20. The fraction of sp³-hybridized carbons (Fsp3) is 0.462. The van der Waals surface area contributed by atoms with E-state index >= 15 is 0 Å². The quantitative estimate of drug-likeness (QED) is 0.769. The highest BCUT2D eigenvalue weighted by Crippen LogP contribution is 2.24. The second-order valence-electron chi connectivity index (χ2n) is 4.53. The Morgan fingerprint density at radius 3 is 2.67 bits per heavy atom. The van der Waals surface area contributed by atoms with Crippen LogP contribution in [0.1, 0.15) is 30.6 Å². The third-order valence-corrected chi connectivity index (χ3v) is 2.89. The number of benzene rings is 1. The van der Waals surface area contributed by atoms with Crippen molar-refractivity contribution in [3.05, 3.63) is 28.8 Å². The van der Waals surface area contributed by atoms with Gasteiger partial charge >= 0.3 is 0 Å². The average Bonchev–Trinajstić information content (AvgIpc) is 2.25. The monoisotopic (exact) mass is 271 g/mol. The Balaban J connectivity index is 2.61. The Bertz CT molecular complexity index is 400. The van der Waals surface area contributed by atoms with Gasteiger partial charge in [-0.2, -0.15) is 0 Å². The van der Waals surface area contributed by atoms with E-state index in [0.717, 1.165) is 0 Å². The number of aromatic hydroxyl groups is 1. The third-order valence-electron chi connectivity index (χ3n) is 2.57. The van der Waals surface area contributed by atoms with Gasteiger partial charge in [0, 0.05) is 6.54 Å². The summed E-state index contributed by atoms with van der Waals surface area (Å²) in [6.07, 6.45) is 0.208. The Labute approximate surface area is 112 Å². The zero-order chi connectivity index (χ0) is 13.7. The minimum absolute atomic E-state index is 0.0865. The van der Waals surface area contributed by atoms with Gasteiger partial charge in [-0.3, -0.25) is 4.79 Å². The van der Waals surface area contributed by atoms with Crippen LogP contribution < -0.4 is 5.32 Å². The number of rotatable bonds is 5. The minimum atomic E-state index is -0.407. The molecule has 0 radical (unpaired) electrons. The van der Waals surface area contributed by atoms with Crippen molar-refractivity contribution in [2.24, 2.45) is 5.92 Å². The molecule has 1 amide bonds. The summed E-state index contributed by atoms with van der Waals surface area (Å²) >= 11 is 5.86. The molecule has 0 fully saturated rings. The average molecular weight is 272 g/mol. The molecule has 0 heterocycles. The Morgan fingerprint density at radius 2 is 2.11 bits per heavy atom. The number of amides is 1. The molecule has 1 rings (SSSR count). The molecule has 0 aromatic heterocycles. The highest BCUT2D eigenvalue weighted by molar-refractivity contribution is 6.34. The number of hydrogen-bond donors (Lipinski definition) is 3. The normalized spacial score (nSPS) is 14.0. The summed E-state index contributed by atoms with van der Waals surface area (Å²) < 4.78 is 0. The maximum Gasteiger partial charge on any atom is 0.256 e. The smallest absolute Gasteiger partial charge is 0.256 e. The molecular formula is C13H18ClNO3. The molecule has 0 unspecified atom stereocenters. The first kappa shape index (κ1) is 14.8. The van der Waals surface area contributed by atoms with Crippen LogP contribution in [0.15, 0.2) is 18.2 Å². The number of aliphatic hydroxyl groups excluding tert-OH is 1. The molecule has 0 saturated carbocycles. The maximum atomic E-state index is 11.9. The van der Waals surface area contributed by atoms with Gasteiger partial charge in [-0.05, 0) is 31.4 Å². The van der Waals surface area contributed by atoms with Gasteiger partial charge < -0.3 is 15.5 Å². The van der Waals surface area contributed by atoms with E-state index in [9.17, 15) is 15.0 Å². The summed E-state index contributed by atoms with van der Waals surface area (Å²) in [7, 11) is 0. The fourth-order valence-electron chi connectivity index (χ4n) is 1.76. The summed E-state index contributed by atoms with van der Waals surface area (Å²) in [5.74, 6) is -0.391. The summed E-state index contributed by atoms with van der Waals surface area (Å²) in [5.41, 5.74) is 0.0865. The Hall–Kier alpha value is -1.26. The predicted octanol–water partition coefficient (Wildman–Crippen LogP) is 2.18. The van der Waals surface area contributed by atoms with Crippen LogP contribution in [0.5, 0.6) is 5.75 Å². The molecular weight excluding hydrogens is 254 g/mol. The molecule has 5 heteroatoms. The number of carbonyl (C=O) groups is 1. The second-order valence-corrected chi connectivity index (χ2v) is 4.94. The molecule has 2 atom stereocenters. The number of phenolic OH excluding ortho intramolecular Hbond substituents is 1. The van der Waals surface area contributed by atoms with Gasteiger partial charge in [0.15, 0.2) is 0 Å². The zero-order valence-electron chi connectivity index (χ0n) is 10.5. The predicted molar refractivity (Wildman–Crippen MR) is 70.9 cm³/mol. The molecule has 0 aliphatic carbocycles. The van der Waals surface area contributed by atoms with Gasteiger partial charge in [0.2, 0.25) is 0 Å². The van der Waals surface area contributed by atoms with Gasteiger partial charge in [0.25, 0.3) is 5.91 Å². The number of carbonyl (C=O) groups excluding carboxylic acids is 1. The van der Waals surface area contributed by atoms with Crippen molar-refractivity contribution in [1.29, 1.82) is 0 Å². The standard InChI is InChI=1S/C13H18ClNO3/c1-8(6-9(2)16)7-15-13(18)12-10(14)4-3-5-11(12)17/h3-5,8-9,16-17H,6-7H2,1-2H3,(H,15,18)/t8-,9+/m1/s1. The van der Waals surface area contributed by atoms with E-state index in [2.05, 4.69) is 5.32 Å². The van der Waals surface area contributed by atoms with Crippen molar-refractivity contribution in [2.75, 3.05) is 6.54 Å². The van der Waals surface area contributed by atoms with Crippen LogP contribution in [0, 0.1) is 5.92 Å². The lowest BCUT2D eigenvalue weighted by Crippen LogP contribution is -2.29. The first-order valence-corrected chi connectivity index (χ1v) is 6.23. The molecule has 3 N–H and O–H groups in total. The molecule has 100 valence electrons. The second kappa shape index (κ2) is 6.61. The van der Waals surface area contributed by atoms with Gasteiger partial charge in [-0.25, -0.2) is 0 Å². The molecule has 0 saturated heterocycles. The van der Waals surface area contributed by atoms with Crippen molar-refractivity contribution in [3.8, 4) is 5.75 Å². The van der Waals surface area contributed by atoms with Crippen molar-refractivity contribution >= 4 is 17.5 Å². The van der Waals surface area contributed by atoms with Gasteiger partial charge in [0.05, 0.1) is 16.7 Å². The number of halogens is 1. The summed E-state index contributed by atoms with van der Waals surface area (Å²) in [6.45, 7) is 4.06. The van der Waals surface area contributed by atoms with Crippen LogP contribution in [-0.2, 0) is 0 Å². The molecule has 0 bridgehead atoms. The van der Waals surface area contributed by atoms with Crippen molar-refractivity contribution in [3.63, 3.8) is 0 Å². The molecule has 4 nitrogen and oxygen atoms in total. The van der Waals surface area contributed by atoms with Gasteiger partial charge in [-0.1, -0.05) is 24.6 Å². The van der Waals surface area contributed by atoms with E-state index < -0.39 is 12.0 Å². The number of phenols is 1. The maximum absolute atomic E-state index is 11.9. The molecule has 0 aliphatic heterocycles. The number of aliphatic hydroxyl groups is 1. The van der Waals surface area contributed by atoms with E-state index in [1.54, 1.807) is 19.1 Å². The van der Waals surface area contributed by atoms with Crippen molar-refractivity contribution < 1.29 is 15.0 Å². The van der Waals surface area contributed by atoms with E-state index in [4.69, 9.17) is 11.6 Å². The summed E-state index contributed by atoms with van der Waals surface area (Å²) in [6, 6.07) is 4.54. The highest BCUT2D eigenvalue weighted by Gasteiger charge is 2.16. The molecule has 1 aromatic carbocycles. The zero-order valence-corrected chi connectivity index (χ0v) is 11.2. The topological polar surface area (TPSA) is 69.6 Å². The van der Waals surface area contributed by atoms with Crippen LogP contribution in [-0.4, -0.2) is 28.8 Å². The Kier molecular flexibility index (Phi) is 5.44. The summed E-state index contributed by atoms with van der Waals surface area (Å²) in [4.78, 5) is 11.9. The van der Waals surface area contributed by atoms with Crippen LogP contribution >= 0.6 is 11.6 Å². The molecule has 1 aromatic rings. The summed E-state index contributed by atoms with van der Waals surface area (Å²) in [5, 5.41) is 21.7. The van der Waals surface area contributed by atoms with Gasteiger partial charge in [0.1, 0.15) is 5.75 Å². The SMILES string of the molecule is C[C@@H](CNC(=O)c1c(O)cccc1Cl)C[C@H](C)O. The lowest BCUT2D eigenvalue weighted by molar-refractivity contribution is 0.0937. The van der Waals surface area contributed by atoms with Crippen molar-refractivity contribution in [2.45, 2.75) is 26.4 Å². The first-order valence-electron chi connectivity index (χ1n) is 5.85. The van der Waals surface area contributed by atoms with Gasteiger partial charge in [-0.15, -0.1) is 0 Å². The largest absolute Gasteiger partial charge is 0.507 e. The van der Waals surface area contributed by atoms with E-state index in [1.165, 1.54) is 6.07 Å². The lowest BCUT2D eigenvalue weighted by atomic mass is 10.0. The molecule has 18 heavy (non-hydrogen) atoms. The van der Waals surface area contributed by atoms with Crippen LogP contribution in [0.3, 0.4) is 0 Å². The lowest BCUT2D eigenvalue weighted by Gasteiger charge is -2.15. The van der Waals surface area contributed by atoms with E-state index in [0.29, 0.717) is 13.0 Å². The van der Waals surface area contributed by atoms with Crippen LogP contribution in [0.4, 0.5) is 0 Å². The van der Waals surface area contributed by atoms with E-state index in [-0.39, 0.29) is 22.3 Å². The number of hydrogen-bond acceptors (Lipinski definition) is 3. The minimum Gasteiger partial charge on any atom is -0.507 e. The fourth-order valence-corrected chi connectivity index (χ4v) is 2.01. The number of nitrogens with one attached hydrogen (secondary N) is 1. The van der Waals surface area contributed by atoms with Crippen LogP contribution in [0.25, 0.3) is 0 Å². The highest BCUT2D eigenvalue weighted by atomic mass is 35.5. The molecule has 0 aliphatic rings. The molecule has 0 spiro atoms. The van der Waals surface area contributed by atoms with Crippen molar-refractivity contribution in [1.82, 2.24) is 5.32 Å². The van der Waals surface area contributed by atoms with E-state index in [1.807, 2.05) is 6.92 Å². The van der Waals surface area contributed by atoms with Crippen LogP contribution in [0.2, 0.25) is 5.02 Å².